The summed E-state index contributed by atoms with van der Waals surface area (Å²) in [5.41, 5.74) is 5.39. The number of nitrogens with two attached hydrogens (primary N) is 1. The van der Waals surface area contributed by atoms with Gasteiger partial charge in [0.25, 0.3) is 10.2 Å². The van der Waals surface area contributed by atoms with E-state index < -0.39 is 10.2 Å². The molecule has 114 valence electrons. The molecule has 1 aliphatic heterocycles. The first kappa shape index (κ1) is 16.8. The maximum atomic E-state index is 12.0. The topological polar surface area (TPSA) is 78.7 Å². The van der Waals surface area contributed by atoms with Gasteiger partial charge in [-0.2, -0.15) is 12.7 Å². The van der Waals surface area contributed by atoms with Gasteiger partial charge in [-0.25, -0.2) is 4.72 Å². The van der Waals surface area contributed by atoms with Gasteiger partial charge in [0.05, 0.1) is 0 Å². The third-order valence-corrected chi connectivity index (χ3v) is 5.22. The summed E-state index contributed by atoms with van der Waals surface area (Å²) >= 11 is 0. The van der Waals surface area contributed by atoms with Gasteiger partial charge in [-0.1, -0.05) is 0 Å². The zero-order valence-corrected chi connectivity index (χ0v) is 13.1. The zero-order valence-electron chi connectivity index (χ0n) is 12.3. The highest BCUT2D eigenvalue weighted by molar-refractivity contribution is 7.87. The van der Waals surface area contributed by atoms with E-state index in [0.29, 0.717) is 38.0 Å². The maximum absolute atomic E-state index is 12.0. The molecule has 0 aromatic heterocycles. The molecule has 0 bridgehead atoms. The van der Waals surface area contributed by atoms with Crippen molar-refractivity contribution >= 4 is 10.2 Å². The van der Waals surface area contributed by atoms with Crippen LogP contribution in [0.1, 0.15) is 26.7 Å². The minimum atomic E-state index is -3.35. The molecular weight excluding hydrogens is 264 g/mol. The Morgan fingerprint density at radius 2 is 2.16 bits per heavy atom. The Balaban J connectivity index is 2.35. The molecule has 1 rings (SSSR count). The van der Waals surface area contributed by atoms with Gasteiger partial charge < -0.3 is 10.6 Å². The predicted octanol–water partition coefficient (Wildman–Crippen LogP) is -0.168. The van der Waals surface area contributed by atoms with Crippen molar-refractivity contribution in [3.63, 3.8) is 0 Å². The van der Waals surface area contributed by atoms with Gasteiger partial charge >= 0.3 is 0 Å². The van der Waals surface area contributed by atoms with Crippen LogP contribution in [0.3, 0.4) is 0 Å². The Bertz CT molecular complexity index is 359. The van der Waals surface area contributed by atoms with Gasteiger partial charge in [0, 0.05) is 32.7 Å². The Hall–Kier alpha value is -0.210. The standard InChI is InChI=1S/C12H28N4O2S/c1-11(2)16-8-5-12(10-16)9-14-19(17,18)15(3)7-4-6-13/h11-12,14H,4-10,13H2,1-3H3. The van der Waals surface area contributed by atoms with Gasteiger partial charge in [0.15, 0.2) is 0 Å². The molecule has 0 saturated carbocycles. The molecule has 0 spiro atoms. The van der Waals surface area contributed by atoms with Crippen LogP contribution < -0.4 is 10.5 Å². The van der Waals surface area contributed by atoms with Crippen molar-refractivity contribution in [1.82, 2.24) is 13.9 Å². The monoisotopic (exact) mass is 292 g/mol. The Morgan fingerprint density at radius 3 is 2.68 bits per heavy atom. The summed E-state index contributed by atoms with van der Waals surface area (Å²) in [7, 11) is -1.76. The van der Waals surface area contributed by atoms with E-state index in [2.05, 4.69) is 23.5 Å². The minimum absolute atomic E-state index is 0.417. The van der Waals surface area contributed by atoms with Gasteiger partial charge in [0.1, 0.15) is 0 Å². The number of hydrogen-bond donors (Lipinski definition) is 2. The highest BCUT2D eigenvalue weighted by atomic mass is 32.2. The average Bonchev–Trinajstić information content (AvgIpc) is 2.82. The van der Waals surface area contributed by atoms with Crippen molar-refractivity contribution < 1.29 is 8.42 Å². The quantitative estimate of drug-likeness (QED) is 0.651. The molecule has 3 N–H and O–H groups in total. The molecule has 0 radical (unpaired) electrons. The smallest absolute Gasteiger partial charge is 0.279 e. The zero-order chi connectivity index (χ0) is 14.5. The number of likely N-dealkylation sites (tertiary alicyclic amines) is 1. The van der Waals surface area contributed by atoms with Crippen molar-refractivity contribution in [2.45, 2.75) is 32.7 Å². The molecule has 1 saturated heterocycles. The molecule has 0 aromatic carbocycles. The molecule has 1 heterocycles. The summed E-state index contributed by atoms with van der Waals surface area (Å²) in [6, 6.07) is 0.536. The van der Waals surface area contributed by atoms with Crippen LogP contribution in [0.15, 0.2) is 0 Å². The molecular formula is C12H28N4O2S. The fourth-order valence-corrected chi connectivity index (χ4v) is 3.30. The predicted molar refractivity (Wildman–Crippen MR) is 78.0 cm³/mol. The van der Waals surface area contributed by atoms with E-state index >= 15 is 0 Å². The molecule has 7 heteroatoms. The van der Waals surface area contributed by atoms with Gasteiger partial charge in [-0.05, 0) is 45.7 Å². The average molecular weight is 292 g/mol. The van der Waals surface area contributed by atoms with Gasteiger partial charge in [-0.15, -0.1) is 0 Å². The molecule has 1 fully saturated rings. The lowest BCUT2D eigenvalue weighted by atomic mass is 10.1. The summed E-state index contributed by atoms with van der Waals surface area (Å²) in [6.07, 6.45) is 1.75. The Labute approximate surface area is 117 Å². The Kier molecular flexibility index (Phi) is 6.68. The van der Waals surface area contributed by atoms with E-state index in [9.17, 15) is 8.42 Å². The molecule has 0 aromatic rings. The third-order valence-electron chi connectivity index (χ3n) is 3.69. The van der Waals surface area contributed by atoms with E-state index in [4.69, 9.17) is 5.73 Å². The van der Waals surface area contributed by atoms with Crippen LogP contribution in [0, 0.1) is 5.92 Å². The highest BCUT2D eigenvalue weighted by Crippen LogP contribution is 2.17. The highest BCUT2D eigenvalue weighted by Gasteiger charge is 2.26. The Morgan fingerprint density at radius 1 is 1.47 bits per heavy atom. The lowest BCUT2D eigenvalue weighted by Gasteiger charge is -2.21. The van der Waals surface area contributed by atoms with E-state index in [-0.39, 0.29) is 0 Å². The molecule has 19 heavy (non-hydrogen) atoms. The summed E-state index contributed by atoms with van der Waals surface area (Å²) in [5.74, 6) is 0.417. The summed E-state index contributed by atoms with van der Waals surface area (Å²) in [4.78, 5) is 2.39. The first-order chi connectivity index (χ1) is 8.86. The largest absolute Gasteiger partial charge is 0.330 e. The first-order valence-electron chi connectivity index (χ1n) is 7.02. The van der Waals surface area contributed by atoms with Crippen LogP contribution in [0.5, 0.6) is 0 Å². The number of rotatable bonds is 8. The van der Waals surface area contributed by atoms with Crippen LogP contribution in [0.25, 0.3) is 0 Å². The molecule has 1 atom stereocenters. The van der Waals surface area contributed by atoms with E-state index in [1.54, 1.807) is 7.05 Å². The van der Waals surface area contributed by atoms with E-state index in [1.165, 1.54) is 4.31 Å². The van der Waals surface area contributed by atoms with Crippen LogP contribution >= 0.6 is 0 Å². The number of nitrogens with zero attached hydrogens (tertiary/aromatic N) is 2. The van der Waals surface area contributed by atoms with Crippen molar-refractivity contribution in [3.8, 4) is 0 Å². The SMILES string of the molecule is CC(C)N1CCC(CNS(=O)(=O)N(C)CCCN)C1. The van der Waals surface area contributed by atoms with Crippen LogP contribution in [0.2, 0.25) is 0 Å². The maximum Gasteiger partial charge on any atom is 0.279 e. The third kappa shape index (κ3) is 5.35. The molecule has 1 unspecified atom stereocenters. The molecule has 6 nitrogen and oxygen atoms in total. The number of nitrogens with one attached hydrogen (secondary N) is 1. The lowest BCUT2D eigenvalue weighted by Crippen LogP contribution is -2.41. The van der Waals surface area contributed by atoms with Gasteiger partial charge in [0.2, 0.25) is 0 Å². The van der Waals surface area contributed by atoms with Crippen molar-refractivity contribution in [1.29, 1.82) is 0 Å². The van der Waals surface area contributed by atoms with Crippen molar-refractivity contribution in [2.75, 3.05) is 39.8 Å². The second-order valence-corrected chi connectivity index (χ2v) is 7.42. The van der Waals surface area contributed by atoms with E-state index in [1.807, 2.05) is 0 Å². The van der Waals surface area contributed by atoms with Crippen molar-refractivity contribution in [3.05, 3.63) is 0 Å². The van der Waals surface area contributed by atoms with Gasteiger partial charge in [-0.3, -0.25) is 0 Å². The minimum Gasteiger partial charge on any atom is -0.330 e. The van der Waals surface area contributed by atoms with Crippen LogP contribution in [0.4, 0.5) is 0 Å². The molecule has 0 aliphatic carbocycles. The lowest BCUT2D eigenvalue weighted by molar-refractivity contribution is 0.265. The molecule has 0 amide bonds. The van der Waals surface area contributed by atoms with Crippen LogP contribution in [-0.4, -0.2) is 63.4 Å². The normalized spacial score (nSPS) is 21.7. The fourth-order valence-electron chi connectivity index (χ4n) is 2.27. The van der Waals surface area contributed by atoms with E-state index in [0.717, 1.165) is 19.5 Å². The summed E-state index contributed by atoms with van der Waals surface area (Å²) < 4.78 is 28.0. The summed E-state index contributed by atoms with van der Waals surface area (Å²) in [6.45, 7) is 7.89. The first-order valence-corrected chi connectivity index (χ1v) is 8.46. The van der Waals surface area contributed by atoms with Crippen LogP contribution in [-0.2, 0) is 10.2 Å². The summed E-state index contributed by atoms with van der Waals surface area (Å²) in [5, 5.41) is 0. The second-order valence-electron chi connectivity index (χ2n) is 5.56. The second kappa shape index (κ2) is 7.54. The molecule has 1 aliphatic rings. The fraction of sp³-hybridized carbons (Fsp3) is 1.00. The number of hydrogen-bond acceptors (Lipinski definition) is 4. The van der Waals surface area contributed by atoms with Crippen molar-refractivity contribution in [2.24, 2.45) is 11.7 Å².